The molecule has 0 saturated carbocycles. The largest absolute Gasteiger partial charge is 1.00 e. The number of rotatable bonds is 35. The van der Waals surface area contributed by atoms with Crippen molar-refractivity contribution in [2.75, 3.05) is 13.2 Å². The molecule has 1 heterocycles. The Bertz CT molecular complexity index is 969. The second kappa shape index (κ2) is 33.9. The van der Waals surface area contributed by atoms with Gasteiger partial charge in [0.25, 0.3) is 0 Å². The summed E-state index contributed by atoms with van der Waals surface area (Å²) in [6.45, 7) is 15.2. The van der Waals surface area contributed by atoms with Gasteiger partial charge in [0.1, 0.15) is 7.05 Å². The molecule has 1 aromatic rings. The van der Waals surface area contributed by atoms with Crippen molar-refractivity contribution in [2.45, 2.75) is 202 Å². The predicted octanol–water partition coefficient (Wildman–Crippen LogP) is 11.7. The summed E-state index contributed by atoms with van der Waals surface area (Å²) < 4.78 is 28.1. The summed E-state index contributed by atoms with van der Waals surface area (Å²) >= 11 is 0. The number of hydrogen-bond acceptors (Lipinski definition) is 3. The van der Waals surface area contributed by atoms with Crippen LogP contribution in [0.2, 0.25) is 0 Å². The van der Waals surface area contributed by atoms with E-state index in [4.69, 9.17) is 9.05 Å². The molecule has 0 N–H and O–H groups in total. The summed E-state index contributed by atoms with van der Waals surface area (Å²) in [6, 6.07) is 4.06. The van der Waals surface area contributed by atoms with Crippen molar-refractivity contribution in [3.8, 4) is 0 Å². The van der Waals surface area contributed by atoms with E-state index in [1.54, 1.807) is 0 Å². The number of aryl methyl sites for hydroxylation is 1. The van der Waals surface area contributed by atoms with Crippen LogP contribution in [0.1, 0.15) is 201 Å². The van der Waals surface area contributed by atoms with Crippen molar-refractivity contribution >= 4 is 7.60 Å². The van der Waals surface area contributed by atoms with Crippen LogP contribution < -0.4 is 17.0 Å². The molecule has 0 aliphatic rings. The van der Waals surface area contributed by atoms with Gasteiger partial charge in [0.15, 0.2) is 12.4 Å². The molecule has 0 fully saturated rings. The number of pyridine rings is 1. The number of allylic oxidation sites excluding steroid dienone is 2. The first-order valence-corrected chi connectivity index (χ1v) is 23.3. The molecule has 300 valence electrons. The Morgan fingerprint density at radius 2 is 1.02 bits per heavy atom. The van der Waals surface area contributed by atoms with Crippen molar-refractivity contribution < 1.29 is 30.6 Å². The Balaban J connectivity index is 0.0000250. The topological polar surface area (TPSA) is 39.4 Å². The van der Waals surface area contributed by atoms with E-state index in [9.17, 15) is 4.57 Å². The molecule has 0 spiro atoms. The Hall–Kier alpha value is -0.670. The molecule has 1 aromatic heterocycles. The Labute approximate surface area is 325 Å². The van der Waals surface area contributed by atoms with Crippen molar-refractivity contribution in [1.82, 2.24) is 0 Å². The van der Waals surface area contributed by atoms with Crippen molar-refractivity contribution in [1.29, 1.82) is 0 Å². The third kappa shape index (κ3) is 31.4. The fourth-order valence-electron chi connectivity index (χ4n) is 6.87. The van der Waals surface area contributed by atoms with Crippen LogP contribution in [0, 0.1) is 23.7 Å². The normalized spacial score (nSPS) is 14.8. The van der Waals surface area contributed by atoms with E-state index in [0.29, 0.717) is 25.3 Å². The standard InChI is InChI=1S/C45H85NO3P.ClH/c1-8-9-10-11-12-13-14-15-16-17-18-19-20-21-22-23-38-48-50(47,40-45-33-36-46(7)37-34-45)49-39-35-44(6)32-26-31-43(5)30-25-29-42(4)28-24-27-41(2)3;/h15-16,33-34,36-37,41-44H,8-14,17-32,35,38-40H2,1-7H3;1H/q+1;/p-1/b16-15-;. The van der Waals surface area contributed by atoms with Crippen molar-refractivity contribution in [2.24, 2.45) is 30.7 Å². The summed E-state index contributed by atoms with van der Waals surface area (Å²) in [4.78, 5) is 0. The third-order valence-electron chi connectivity index (χ3n) is 10.5. The zero-order valence-corrected chi connectivity index (χ0v) is 36.5. The third-order valence-corrected chi connectivity index (χ3v) is 12.4. The fourth-order valence-corrected chi connectivity index (χ4v) is 8.58. The van der Waals surface area contributed by atoms with E-state index >= 15 is 0 Å². The van der Waals surface area contributed by atoms with Gasteiger partial charge in [-0.2, -0.15) is 0 Å². The number of aromatic nitrogens is 1. The van der Waals surface area contributed by atoms with E-state index in [0.717, 1.165) is 42.6 Å². The fraction of sp³-hybridized carbons (Fsp3) is 0.844. The average Bonchev–Trinajstić information content (AvgIpc) is 3.07. The van der Waals surface area contributed by atoms with Crippen molar-refractivity contribution in [3.05, 3.63) is 42.2 Å². The first-order chi connectivity index (χ1) is 24.1. The highest BCUT2D eigenvalue weighted by atomic mass is 35.5. The van der Waals surface area contributed by atoms with Gasteiger partial charge in [-0.3, -0.25) is 4.57 Å². The van der Waals surface area contributed by atoms with E-state index in [1.807, 2.05) is 36.1 Å². The second-order valence-electron chi connectivity index (χ2n) is 16.5. The van der Waals surface area contributed by atoms with Gasteiger partial charge in [-0.05, 0) is 67.8 Å². The van der Waals surface area contributed by atoms with Crippen LogP contribution in [0.5, 0.6) is 0 Å². The molecular weight excluding hydrogens is 669 g/mol. The van der Waals surface area contributed by atoms with Crippen LogP contribution in [-0.2, 0) is 26.8 Å². The zero-order valence-electron chi connectivity index (χ0n) is 34.9. The molecule has 0 saturated heterocycles. The molecule has 0 radical (unpaired) electrons. The lowest BCUT2D eigenvalue weighted by Gasteiger charge is -2.20. The minimum Gasteiger partial charge on any atom is -1.00 e. The van der Waals surface area contributed by atoms with Gasteiger partial charge in [-0.15, -0.1) is 0 Å². The van der Waals surface area contributed by atoms with Gasteiger partial charge in [-0.25, -0.2) is 4.57 Å². The molecule has 1 rings (SSSR count). The minimum absolute atomic E-state index is 0. The maximum atomic E-state index is 13.9. The van der Waals surface area contributed by atoms with Gasteiger partial charge in [0.05, 0.1) is 19.4 Å². The van der Waals surface area contributed by atoms with Crippen LogP contribution in [-0.4, -0.2) is 13.2 Å². The highest BCUT2D eigenvalue weighted by Gasteiger charge is 2.26. The van der Waals surface area contributed by atoms with Crippen LogP contribution in [0.4, 0.5) is 0 Å². The van der Waals surface area contributed by atoms with Gasteiger partial charge in [0.2, 0.25) is 0 Å². The highest BCUT2D eigenvalue weighted by Crippen LogP contribution is 2.51. The molecule has 4 nitrogen and oxygen atoms in total. The zero-order chi connectivity index (χ0) is 36.7. The average molecular weight is 755 g/mol. The Morgan fingerprint density at radius 1 is 0.588 bits per heavy atom. The number of nitrogens with zero attached hydrogens (tertiary/aromatic N) is 1. The van der Waals surface area contributed by atoms with Crippen LogP contribution in [0.15, 0.2) is 36.7 Å². The number of hydrogen-bond donors (Lipinski definition) is 0. The summed E-state index contributed by atoms with van der Waals surface area (Å²) in [5, 5.41) is 0. The molecule has 4 unspecified atom stereocenters. The molecule has 0 amide bonds. The van der Waals surface area contributed by atoms with E-state index in [2.05, 4.69) is 53.7 Å². The Kier molecular flexibility index (Phi) is 33.4. The summed E-state index contributed by atoms with van der Waals surface area (Å²) in [5.74, 6) is 3.09. The monoisotopic (exact) mass is 754 g/mol. The van der Waals surface area contributed by atoms with E-state index in [1.165, 1.54) is 135 Å². The number of halogens is 1. The second-order valence-corrected chi connectivity index (χ2v) is 18.6. The highest BCUT2D eigenvalue weighted by molar-refractivity contribution is 7.53. The van der Waals surface area contributed by atoms with Crippen LogP contribution in [0.3, 0.4) is 0 Å². The summed E-state index contributed by atoms with van der Waals surface area (Å²) in [7, 11) is -1.19. The molecule has 0 aliphatic carbocycles. The Morgan fingerprint density at radius 3 is 1.53 bits per heavy atom. The van der Waals surface area contributed by atoms with Gasteiger partial charge < -0.3 is 21.5 Å². The van der Waals surface area contributed by atoms with Crippen LogP contribution >= 0.6 is 7.60 Å². The molecule has 0 bridgehead atoms. The quantitative estimate of drug-likeness (QED) is 0.0300. The molecule has 0 aliphatic heterocycles. The van der Waals surface area contributed by atoms with Crippen molar-refractivity contribution in [3.63, 3.8) is 0 Å². The molecule has 4 atom stereocenters. The van der Waals surface area contributed by atoms with Gasteiger partial charge in [-0.1, -0.05) is 169 Å². The lowest BCUT2D eigenvalue weighted by molar-refractivity contribution is -0.671. The summed E-state index contributed by atoms with van der Waals surface area (Å²) in [5.41, 5.74) is 1.01. The number of unbranched alkanes of at least 4 members (excludes halogenated alkanes) is 12. The lowest BCUT2D eigenvalue weighted by Crippen LogP contribution is -3.00. The SMILES string of the molecule is CCCCCCCC/C=C\CCCCCCCCOP(=O)(Cc1cc[n+](C)cc1)OCCC(C)CCCC(C)CCCC(C)CCCC(C)C.[Cl-]. The molecule has 6 heteroatoms. The van der Waals surface area contributed by atoms with E-state index in [-0.39, 0.29) is 12.4 Å². The predicted molar refractivity (Wildman–Crippen MR) is 219 cm³/mol. The van der Waals surface area contributed by atoms with E-state index < -0.39 is 7.60 Å². The molecule has 0 aromatic carbocycles. The minimum atomic E-state index is -3.19. The first-order valence-electron chi connectivity index (χ1n) is 21.6. The summed E-state index contributed by atoms with van der Waals surface area (Å²) in [6.07, 6.45) is 40.1. The maximum Gasteiger partial charge on any atom is 0.335 e. The van der Waals surface area contributed by atoms with Crippen LogP contribution in [0.25, 0.3) is 0 Å². The maximum absolute atomic E-state index is 13.9. The van der Waals surface area contributed by atoms with Gasteiger partial charge in [0, 0.05) is 12.1 Å². The van der Waals surface area contributed by atoms with Gasteiger partial charge >= 0.3 is 7.60 Å². The first kappa shape index (κ1) is 50.3. The molecule has 51 heavy (non-hydrogen) atoms. The lowest BCUT2D eigenvalue weighted by atomic mass is 9.91. The smallest absolute Gasteiger partial charge is 0.335 e. The molecular formula is C45H85ClNO3P.